The molecule has 0 aliphatic heterocycles. The Morgan fingerprint density at radius 3 is 1.34 bits per heavy atom. The van der Waals surface area contributed by atoms with Crippen LogP contribution in [0.1, 0.15) is 117 Å². The molecule has 1 aromatic rings. The molecule has 0 unspecified atom stereocenters. The molecule has 12 amide bonds. The molecular formula is C61H101N15O19S2. The van der Waals surface area contributed by atoms with Gasteiger partial charge in [0.1, 0.15) is 67.0 Å². The van der Waals surface area contributed by atoms with E-state index in [-0.39, 0.29) is 69.7 Å². The molecule has 11 atom stereocenters. The average molecular weight is 1410 g/mol. The lowest BCUT2D eigenvalue weighted by molar-refractivity contribution is -0.140. The van der Waals surface area contributed by atoms with Gasteiger partial charge >= 0.3 is 17.9 Å². The van der Waals surface area contributed by atoms with Gasteiger partial charge in [-0.15, -0.1) is 0 Å². The molecule has 0 aliphatic carbocycles. The number of aliphatic hydroxyl groups is 1. The summed E-state index contributed by atoms with van der Waals surface area (Å²) < 4.78 is 0. The predicted octanol–water partition coefficient (Wildman–Crippen LogP) is -4.46. The Balaban J connectivity index is 3.33. The maximum absolute atomic E-state index is 14.3. The second kappa shape index (κ2) is 47.7. The van der Waals surface area contributed by atoms with Crippen molar-refractivity contribution in [3.8, 4) is 0 Å². The summed E-state index contributed by atoms with van der Waals surface area (Å²) in [5, 5.41) is 67.5. The van der Waals surface area contributed by atoms with Gasteiger partial charge in [-0.1, -0.05) is 58.0 Å². The van der Waals surface area contributed by atoms with E-state index >= 15 is 0 Å². The highest BCUT2D eigenvalue weighted by Crippen LogP contribution is 2.13. The van der Waals surface area contributed by atoms with Gasteiger partial charge in [0.2, 0.25) is 70.9 Å². The van der Waals surface area contributed by atoms with Crippen molar-refractivity contribution in [2.45, 2.75) is 185 Å². The fraction of sp³-hybridized carbons (Fsp3) is 0.656. The van der Waals surface area contributed by atoms with Crippen LogP contribution in [0, 0.1) is 11.8 Å². The number of thioether (sulfide) groups is 2. The van der Waals surface area contributed by atoms with E-state index in [0.717, 1.165) is 0 Å². The van der Waals surface area contributed by atoms with E-state index in [2.05, 4.69) is 63.8 Å². The lowest BCUT2D eigenvalue weighted by Crippen LogP contribution is -2.60. The average Bonchev–Trinajstić information content (AvgIpc) is 1.36. The minimum atomic E-state index is -1.71. The van der Waals surface area contributed by atoms with Crippen LogP contribution in [0.15, 0.2) is 30.3 Å². The number of nitrogens with two attached hydrogens (primary N) is 3. The number of carbonyl (C=O) groups is 15. The zero-order chi connectivity index (χ0) is 73.3. The fourth-order valence-corrected chi connectivity index (χ4v) is 10.2. The fourth-order valence-electron chi connectivity index (χ4n) is 9.22. The minimum Gasteiger partial charge on any atom is -0.481 e. The smallest absolute Gasteiger partial charge is 0.322 e. The number of carboxylic acid groups (broad SMARTS) is 3. The van der Waals surface area contributed by atoms with Gasteiger partial charge in [0, 0.05) is 12.8 Å². The van der Waals surface area contributed by atoms with Crippen molar-refractivity contribution in [2.24, 2.45) is 29.0 Å². The van der Waals surface area contributed by atoms with E-state index in [0.29, 0.717) is 30.6 Å². The summed E-state index contributed by atoms with van der Waals surface area (Å²) >= 11 is 2.64. The molecule has 36 heteroatoms. The molecular weight excluding hydrogens is 1310 g/mol. The number of hydrogen-bond donors (Lipinski definition) is 19. The molecule has 0 bridgehead atoms. The van der Waals surface area contributed by atoms with Crippen molar-refractivity contribution < 1.29 is 92.3 Å². The minimum absolute atomic E-state index is 0.0166. The predicted molar refractivity (Wildman–Crippen MR) is 359 cm³/mol. The molecule has 0 saturated heterocycles. The highest BCUT2D eigenvalue weighted by molar-refractivity contribution is 7.98. The van der Waals surface area contributed by atoms with Gasteiger partial charge in [0.25, 0.3) is 0 Å². The quantitative estimate of drug-likeness (QED) is 0.0274. The Bertz CT molecular complexity index is 2770. The molecule has 0 fully saturated rings. The van der Waals surface area contributed by atoms with Crippen molar-refractivity contribution in [3.63, 3.8) is 0 Å². The first-order valence-electron chi connectivity index (χ1n) is 31.8. The molecule has 546 valence electrons. The third-order valence-corrected chi connectivity index (χ3v) is 15.9. The Labute approximate surface area is 572 Å². The van der Waals surface area contributed by atoms with Gasteiger partial charge in [-0.25, -0.2) is 0 Å². The highest BCUT2D eigenvalue weighted by Gasteiger charge is 2.36. The first-order chi connectivity index (χ1) is 45.8. The van der Waals surface area contributed by atoms with Gasteiger partial charge in [-0.2, -0.15) is 23.5 Å². The molecule has 0 spiro atoms. The number of amides is 12. The molecule has 34 nitrogen and oxygen atoms in total. The number of rotatable bonds is 50. The molecule has 1 rings (SSSR count). The van der Waals surface area contributed by atoms with Crippen LogP contribution in [-0.2, 0) is 78.3 Å². The summed E-state index contributed by atoms with van der Waals surface area (Å²) in [7, 11) is 0. The monoisotopic (exact) mass is 1410 g/mol. The largest absolute Gasteiger partial charge is 0.481 e. The highest BCUT2D eigenvalue weighted by atomic mass is 32.2. The molecule has 0 aromatic heterocycles. The summed E-state index contributed by atoms with van der Waals surface area (Å²) in [5.74, 6) is -15.0. The van der Waals surface area contributed by atoms with E-state index in [1.54, 1.807) is 70.5 Å². The topological polar surface area (TPSA) is 559 Å². The lowest BCUT2D eigenvalue weighted by atomic mass is 10.00. The van der Waals surface area contributed by atoms with Crippen molar-refractivity contribution in [1.82, 2.24) is 63.8 Å². The Kier molecular flexibility index (Phi) is 42.7. The molecule has 0 aliphatic rings. The van der Waals surface area contributed by atoms with Gasteiger partial charge in [-0.3, -0.25) is 71.9 Å². The van der Waals surface area contributed by atoms with Crippen LogP contribution in [0.5, 0.6) is 0 Å². The lowest BCUT2D eigenvalue weighted by Gasteiger charge is -2.28. The van der Waals surface area contributed by atoms with Crippen molar-refractivity contribution >= 4 is 112 Å². The number of carboxylic acids is 3. The summed E-state index contributed by atoms with van der Waals surface area (Å²) in [4.78, 5) is 198. The first-order valence-corrected chi connectivity index (χ1v) is 34.6. The van der Waals surface area contributed by atoms with Crippen molar-refractivity contribution in [3.05, 3.63) is 35.9 Å². The SMILES string of the molecule is CSCC[C@H](NC(=O)[C@H](CO)NC(=O)[C@H](CC(C)C)NC(=O)CNC(=O)[C@H](CCCCN)NC(=O)[C@H](CCSC)NC(=O)[C@H](Cc1ccccc1)NC(=O)[C@@H](NC(=O)[C@@H](N)CC(=O)O)C(C)C)C(=O)N[C@@H](C)C(=O)N[C@@H](CCCCN)C(=O)N[C@@H](CCC(=O)O)C(=O)NCC(=O)O. The van der Waals surface area contributed by atoms with Crippen LogP contribution in [0.3, 0.4) is 0 Å². The van der Waals surface area contributed by atoms with E-state index in [9.17, 15) is 82.1 Å². The number of hydrogen-bond acceptors (Lipinski definition) is 21. The second-order valence-electron chi connectivity index (χ2n) is 23.6. The van der Waals surface area contributed by atoms with Crippen molar-refractivity contribution in [2.75, 3.05) is 56.8 Å². The Morgan fingerprint density at radius 1 is 0.443 bits per heavy atom. The van der Waals surface area contributed by atoms with Gasteiger partial charge in [0.05, 0.1) is 25.6 Å². The number of unbranched alkanes of at least 4 members (excludes halogenated alkanes) is 2. The van der Waals surface area contributed by atoms with Crippen LogP contribution < -0.4 is 81.0 Å². The first kappa shape index (κ1) is 86.8. The molecule has 1 aromatic carbocycles. The number of carbonyl (C=O) groups excluding carboxylic acids is 12. The summed E-state index contributed by atoms with van der Waals surface area (Å²) in [6, 6.07) is -6.85. The van der Waals surface area contributed by atoms with E-state index in [4.69, 9.17) is 27.4 Å². The normalized spacial score (nSPS) is 14.5. The van der Waals surface area contributed by atoms with Gasteiger partial charge < -0.3 is 101 Å². The maximum Gasteiger partial charge on any atom is 0.322 e. The number of aliphatic hydroxyl groups excluding tert-OH is 1. The molecule has 22 N–H and O–H groups in total. The summed E-state index contributed by atoms with van der Waals surface area (Å²) in [6.07, 6.45) is 3.07. The number of aliphatic carboxylic acids is 3. The zero-order valence-corrected chi connectivity index (χ0v) is 57.6. The molecule has 0 heterocycles. The van der Waals surface area contributed by atoms with E-state index < -0.39 is 200 Å². The van der Waals surface area contributed by atoms with Gasteiger partial charge in [-0.05, 0) is 126 Å². The Hall–Kier alpha value is -8.19. The molecule has 0 saturated carbocycles. The Morgan fingerprint density at radius 2 is 0.876 bits per heavy atom. The molecule has 97 heavy (non-hydrogen) atoms. The van der Waals surface area contributed by atoms with Crippen LogP contribution in [0.2, 0.25) is 0 Å². The van der Waals surface area contributed by atoms with Crippen LogP contribution in [0.25, 0.3) is 0 Å². The standard InChI is InChI=1S/C61H101N15O19S2/c1-33(2)27-43(58(92)75-45(32-77)60(94)73-41(21-25-96-6)55(89)67-35(5)51(85)69-39(18-12-14-24-63)56(90)71-40(19-20-47(79)80)54(88)66-31-49(83)84)68-46(78)30-65-53(87)38(17-11-13-23-62)70-57(91)42(22-26-97-7)72-59(93)44(28-36-15-9-8-10-16-36)74-61(95)50(34(3)4)76-52(86)37(64)29-48(81)82/h8-10,15-16,33-35,37-45,50,77H,11-14,17-32,62-64H2,1-7H3,(H,65,87)(H,66,88)(H,67,89)(H,68,78)(H,69,85)(H,70,91)(H,71,90)(H,72,93)(H,73,94)(H,74,95)(H,75,92)(H,76,86)(H,79,80)(H,81,82)(H,83,84)/t35-,37-,38-,39-,40-,41-,42-,43-,44-,45-,50-/m0/s1. The van der Waals surface area contributed by atoms with Crippen LogP contribution in [0.4, 0.5) is 0 Å². The van der Waals surface area contributed by atoms with Crippen LogP contribution in [-0.4, -0.2) is 232 Å². The van der Waals surface area contributed by atoms with Crippen molar-refractivity contribution in [1.29, 1.82) is 0 Å². The summed E-state index contributed by atoms with van der Waals surface area (Å²) in [6.45, 7) is 5.81. The van der Waals surface area contributed by atoms with E-state index in [1.165, 1.54) is 30.4 Å². The number of benzene rings is 1. The second-order valence-corrected chi connectivity index (χ2v) is 25.6. The maximum atomic E-state index is 14.3. The third kappa shape index (κ3) is 35.6. The molecule has 0 radical (unpaired) electrons. The third-order valence-electron chi connectivity index (χ3n) is 14.6. The van der Waals surface area contributed by atoms with E-state index in [1.807, 2.05) is 0 Å². The zero-order valence-electron chi connectivity index (χ0n) is 56.0. The van der Waals surface area contributed by atoms with Gasteiger partial charge in [0.15, 0.2) is 0 Å². The summed E-state index contributed by atoms with van der Waals surface area (Å²) in [5.41, 5.74) is 17.8. The number of nitrogens with one attached hydrogen (secondary N) is 12. The van der Waals surface area contributed by atoms with Crippen LogP contribution >= 0.6 is 23.5 Å².